The van der Waals surface area contributed by atoms with E-state index < -0.39 is 28.8 Å². The Bertz CT molecular complexity index is 614. The van der Waals surface area contributed by atoms with Gasteiger partial charge in [-0.1, -0.05) is 0 Å². The van der Waals surface area contributed by atoms with Crippen molar-refractivity contribution in [3.8, 4) is 0 Å². The summed E-state index contributed by atoms with van der Waals surface area (Å²) in [5, 5.41) is 0. The van der Waals surface area contributed by atoms with Crippen LogP contribution >= 0.6 is 0 Å². The topological polar surface area (TPSA) is 76.3 Å². The number of hydrogen-bond donors (Lipinski definition) is 1. The molecule has 2 rings (SSSR count). The van der Waals surface area contributed by atoms with Crippen LogP contribution in [0.4, 0.5) is 19.0 Å². The molecule has 0 aliphatic heterocycles. The highest BCUT2D eigenvalue weighted by molar-refractivity contribution is 7.89. The van der Waals surface area contributed by atoms with Gasteiger partial charge in [0.2, 0.25) is 10.0 Å². The second-order valence-electron chi connectivity index (χ2n) is 5.13. The number of halogens is 3. The molecule has 0 bridgehead atoms. The third kappa shape index (κ3) is 3.65. The monoisotopic (exact) mass is 323 g/mol. The molecule has 0 aromatic carbocycles. The van der Waals surface area contributed by atoms with Crippen LogP contribution in [0.1, 0.15) is 19.8 Å². The Morgan fingerprint density at radius 3 is 2.57 bits per heavy atom. The van der Waals surface area contributed by atoms with Crippen molar-refractivity contribution in [3.05, 3.63) is 18.3 Å². The molecular formula is C12H16F3N3O2S. The van der Waals surface area contributed by atoms with Crippen molar-refractivity contribution in [2.75, 3.05) is 12.3 Å². The van der Waals surface area contributed by atoms with Gasteiger partial charge < -0.3 is 5.73 Å². The van der Waals surface area contributed by atoms with Crippen molar-refractivity contribution in [2.45, 2.75) is 36.9 Å². The van der Waals surface area contributed by atoms with Gasteiger partial charge in [-0.2, -0.15) is 17.5 Å². The Labute approximate surface area is 121 Å². The first-order valence-electron chi connectivity index (χ1n) is 6.42. The largest absolute Gasteiger partial charge is 0.402 e. The lowest BCUT2D eigenvalue weighted by atomic mass is 10.2. The average Bonchev–Trinajstić information content (AvgIpc) is 3.18. The fraction of sp³-hybridized carbons (Fsp3) is 0.583. The molecular weight excluding hydrogens is 307 g/mol. The Balaban J connectivity index is 2.41. The van der Waals surface area contributed by atoms with Crippen molar-refractivity contribution in [2.24, 2.45) is 5.92 Å². The molecule has 0 radical (unpaired) electrons. The summed E-state index contributed by atoms with van der Waals surface area (Å²) < 4.78 is 63.7. The number of pyridine rings is 1. The molecule has 1 fully saturated rings. The molecule has 0 amide bonds. The number of nitrogen functional groups attached to an aromatic ring is 1. The Morgan fingerprint density at radius 2 is 2.10 bits per heavy atom. The maximum Gasteiger partial charge on any atom is 0.402 e. The zero-order valence-electron chi connectivity index (χ0n) is 11.3. The SMILES string of the molecule is CC(C1CC1)N(CC(F)(F)F)S(=O)(=O)c1cccnc1N. The van der Waals surface area contributed by atoms with Crippen molar-refractivity contribution in [3.63, 3.8) is 0 Å². The van der Waals surface area contributed by atoms with Gasteiger partial charge in [-0.3, -0.25) is 0 Å². The first-order chi connectivity index (χ1) is 9.63. The zero-order chi connectivity index (χ0) is 15.8. The molecule has 5 nitrogen and oxygen atoms in total. The molecule has 1 atom stereocenters. The van der Waals surface area contributed by atoms with Crippen LogP contribution in [-0.2, 0) is 10.0 Å². The quantitative estimate of drug-likeness (QED) is 0.899. The van der Waals surface area contributed by atoms with Crippen LogP contribution < -0.4 is 5.73 Å². The van der Waals surface area contributed by atoms with E-state index in [0.29, 0.717) is 4.31 Å². The van der Waals surface area contributed by atoms with E-state index >= 15 is 0 Å². The number of sulfonamides is 1. The van der Waals surface area contributed by atoms with Gasteiger partial charge in [-0.05, 0) is 37.8 Å². The van der Waals surface area contributed by atoms with Crippen LogP contribution in [0.5, 0.6) is 0 Å². The van der Waals surface area contributed by atoms with E-state index in [1.165, 1.54) is 25.3 Å². The first-order valence-corrected chi connectivity index (χ1v) is 7.86. The third-order valence-electron chi connectivity index (χ3n) is 3.48. The molecule has 1 heterocycles. The standard InChI is InChI=1S/C12H16F3N3O2S/c1-8(9-4-5-9)18(7-12(13,14)15)21(19,20)10-3-2-6-17-11(10)16/h2-3,6,8-9H,4-5,7H2,1H3,(H2,16,17). The predicted molar refractivity (Wildman–Crippen MR) is 70.8 cm³/mol. The average molecular weight is 323 g/mol. The summed E-state index contributed by atoms with van der Waals surface area (Å²) in [6.07, 6.45) is -1.87. The summed E-state index contributed by atoms with van der Waals surface area (Å²) in [5.74, 6) is -0.340. The van der Waals surface area contributed by atoms with Crippen LogP contribution in [-0.4, -0.2) is 36.5 Å². The molecule has 9 heteroatoms. The Morgan fingerprint density at radius 1 is 1.48 bits per heavy atom. The van der Waals surface area contributed by atoms with Gasteiger partial charge in [-0.25, -0.2) is 13.4 Å². The van der Waals surface area contributed by atoms with E-state index in [0.717, 1.165) is 12.8 Å². The molecule has 1 saturated carbocycles. The molecule has 1 aromatic rings. The number of nitrogens with zero attached hydrogens (tertiary/aromatic N) is 2. The summed E-state index contributed by atoms with van der Waals surface area (Å²) in [5.41, 5.74) is 5.50. The highest BCUT2D eigenvalue weighted by Crippen LogP contribution is 2.38. The zero-order valence-corrected chi connectivity index (χ0v) is 12.2. The highest BCUT2D eigenvalue weighted by atomic mass is 32.2. The van der Waals surface area contributed by atoms with Gasteiger partial charge in [0, 0.05) is 12.2 Å². The van der Waals surface area contributed by atoms with Crippen LogP contribution in [0.2, 0.25) is 0 Å². The first kappa shape index (κ1) is 16.0. The van der Waals surface area contributed by atoms with Crippen molar-refractivity contribution in [1.82, 2.24) is 9.29 Å². The van der Waals surface area contributed by atoms with Crippen molar-refractivity contribution < 1.29 is 21.6 Å². The fourth-order valence-electron chi connectivity index (χ4n) is 2.19. The molecule has 0 spiro atoms. The summed E-state index contributed by atoms with van der Waals surface area (Å²) in [4.78, 5) is 3.25. The Kier molecular flexibility index (Phi) is 4.16. The van der Waals surface area contributed by atoms with Crippen LogP contribution in [0.3, 0.4) is 0 Å². The van der Waals surface area contributed by atoms with Crippen LogP contribution in [0.15, 0.2) is 23.2 Å². The summed E-state index contributed by atoms with van der Waals surface area (Å²) >= 11 is 0. The van der Waals surface area contributed by atoms with Gasteiger partial charge in [0.05, 0.1) is 0 Å². The molecule has 1 unspecified atom stereocenters. The summed E-state index contributed by atoms with van der Waals surface area (Å²) in [7, 11) is -4.34. The lowest BCUT2D eigenvalue weighted by Crippen LogP contribution is -2.45. The fourth-order valence-corrected chi connectivity index (χ4v) is 3.93. The molecule has 118 valence electrons. The molecule has 2 N–H and O–H groups in total. The van der Waals surface area contributed by atoms with Crippen molar-refractivity contribution in [1.29, 1.82) is 0 Å². The van der Waals surface area contributed by atoms with E-state index in [2.05, 4.69) is 4.98 Å². The van der Waals surface area contributed by atoms with Gasteiger partial charge >= 0.3 is 6.18 Å². The van der Waals surface area contributed by atoms with Gasteiger partial charge in [0.25, 0.3) is 0 Å². The summed E-state index contributed by atoms with van der Waals surface area (Å²) in [6.45, 7) is -0.0329. The maximum absolute atomic E-state index is 12.7. The Hall–Kier alpha value is -1.35. The number of rotatable bonds is 5. The van der Waals surface area contributed by atoms with E-state index in [9.17, 15) is 21.6 Å². The van der Waals surface area contributed by atoms with Gasteiger partial charge in [-0.15, -0.1) is 0 Å². The van der Waals surface area contributed by atoms with Gasteiger partial charge in [0.15, 0.2) is 0 Å². The number of anilines is 1. The van der Waals surface area contributed by atoms with E-state index in [1.54, 1.807) is 0 Å². The third-order valence-corrected chi connectivity index (χ3v) is 5.46. The molecule has 1 aromatic heterocycles. The number of alkyl halides is 3. The minimum absolute atomic E-state index is 0.0416. The minimum atomic E-state index is -4.62. The van der Waals surface area contributed by atoms with E-state index in [4.69, 9.17) is 5.73 Å². The smallest absolute Gasteiger partial charge is 0.383 e. The lowest BCUT2D eigenvalue weighted by molar-refractivity contribution is -0.139. The van der Waals surface area contributed by atoms with Gasteiger partial charge in [0.1, 0.15) is 17.3 Å². The molecule has 1 aliphatic rings. The number of nitrogens with two attached hydrogens (primary N) is 1. The number of hydrogen-bond acceptors (Lipinski definition) is 4. The molecule has 21 heavy (non-hydrogen) atoms. The summed E-state index contributed by atoms with van der Waals surface area (Å²) in [6, 6.07) is 1.77. The van der Waals surface area contributed by atoms with Crippen molar-refractivity contribution >= 4 is 15.8 Å². The van der Waals surface area contributed by atoms with Crippen LogP contribution in [0, 0.1) is 5.92 Å². The van der Waals surface area contributed by atoms with E-state index in [1.807, 2.05) is 0 Å². The second kappa shape index (κ2) is 5.45. The van der Waals surface area contributed by atoms with E-state index in [-0.39, 0.29) is 16.6 Å². The number of aromatic nitrogens is 1. The maximum atomic E-state index is 12.7. The highest BCUT2D eigenvalue weighted by Gasteiger charge is 2.44. The molecule has 1 aliphatic carbocycles. The minimum Gasteiger partial charge on any atom is -0.383 e. The predicted octanol–water partition coefficient (Wildman–Crippen LogP) is 2.02. The normalized spacial score (nSPS) is 18.0. The second-order valence-corrected chi connectivity index (χ2v) is 6.99. The molecule has 0 saturated heterocycles. The lowest BCUT2D eigenvalue weighted by Gasteiger charge is -2.29. The van der Waals surface area contributed by atoms with Crippen LogP contribution in [0.25, 0.3) is 0 Å².